The van der Waals surface area contributed by atoms with Gasteiger partial charge in [0.15, 0.2) is 0 Å². The molecule has 0 aromatic carbocycles. The zero-order valence-electron chi connectivity index (χ0n) is 6.34. The fourth-order valence-corrected chi connectivity index (χ4v) is 2.02. The Balaban J connectivity index is 2.25. The summed E-state index contributed by atoms with van der Waals surface area (Å²) < 4.78 is 10.6. The van der Waals surface area contributed by atoms with E-state index in [2.05, 4.69) is 15.9 Å². The Morgan fingerprint density at radius 3 is 2.70 bits per heavy atom. The molecular formula is C7H13BrO2. The molecule has 0 N–H and O–H groups in total. The molecule has 0 heterocycles. The molecule has 1 aliphatic carbocycles. The van der Waals surface area contributed by atoms with Gasteiger partial charge in [0.2, 0.25) is 0 Å². The molecule has 0 aromatic heterocycles. The number of hydrogen-bond donors (Lipinski definition) is 0. The molecule has 0 aromatic rings. The Labute approximate surface area is 70.0 Å². The minimum atomic E-state index is 0.273. The molecule has 3 atom stereocenters. The van der Waals surface area contributed by atoms with E-state index in [-0.39, 0.29) is 6.10 Å². The summed E-state index contributed by atoms with van der Waals surface area (Å²) >= 11 is 3.50. The minimum Gasteiger partial charge on any atom is -0.379 e. The van der Waals surface area contributed by atoms with Crippen LogP contribution in [-0.4, -0.2) is 30.8 Å². The van der Waals surface area contributed by atoms with Crippen molar-refractivity contribution in [3.8, 4) is 0 Å². The first-order valence-electron chi connectivity index (χ1n) is 3.58. The predicted molar refractivity (Wildman–Crippen MR) is 43.5 cm³/mol. The molecule has 1 saturated carbocycles. The lowest BCUT2D eigenvalue weighted by Gasteiger charge is -2.39. The van der Waals surface area contributed by atoms with Gasteiger partial charge in [-0.3, -0.25) is 0 Å². The molecule has 3 heteroatoms. The first-order chi connectivity index (χ1) is 4.79. The number of hydrogen-bond acceptors (Lipinski definition) is 2. The van der Waals surface area contributed by atoms with Gasteiger partial charge >= 0.3 is 0 Å². The van der Waals surface area contributed by atoms with Crippen LogP contribution in [0.5, 0.6) is 0 Å². The van der Waals surface area contributed by atoms with Crippen LogP contribution in [0.25, 0.3) is 0 Å². The maximum Gasteiger partial charge on any atom is 0.0962 e. The molecule has 60 valence electrons. The maximum absolute atomic E-state index is 5.42. The van der Waals surface area contributed by atoms with Crippen molar-refractivity contribution in [2.24, 2.45) is 0 Å². The van der Waals surface area contributed by atoms with Crippen molar-refractivity contribution >= 4 is 15.9 Å². The quantitative estimate of drug-likeness (QED) is 0.657. The summed E-state index contributed by atoms with van der Waals surface area (Å²) in [5.41, 5.74) is 0. The Kier molecular flexibility index (Phi) is 3.14. The van der Waals surface area contributed by atoms with Gasteiger partial charge in [-0.1, -0.05) is 15.9 Å². The van der Waals surface area contributed by atoms with Crippen LogP contribution in [0, 0.1) is 0 Å². The van der Waals surface area contributed by atoms with Gasteiger partial charge in [-0.25, -0.2) is 0 Å². The molecule has 0 aliphatic heterocycles. The van der Waals surface area contributed by atoms with Crippen LogP contribution in [0.3, 0.4) is 0 Å². The number of alkyl halides is 1. The van der Waals surface area contributed by atoms with E-state index < -0.39 is 0 Å². The zero-order valence-corrected chi connectivity index (χ0v) is 7.93. The highest BCUT2D eigenvalue weighted by Crippen LogP contribution is 2.32. The van der Waals surface area contributed by atoms with Crippen LogP contribution >= 0.6 is 15.9 Å². The first-order valence-corrected chi connectivity index (χ1v) is 4.49. The third-order valence-electron chi connectivity index (χ3n) is 1.84. The molecule has 0 saturated heterocycles. The van der Waals surface area contributed by atoms with Gasteiger partial charge in [-0.05, 0) is 13.3 Å². The lowest BCUT2D eigenvalue weighted by Crippen LogP contribution is -2.50. The van der Waals surface area contributed by atoms with Crippen molar-refractivity contribution in [2.75, 3.05) is 13.7 Å². The fraction of sp³-hybridized carbons (Fsp3) is 1.00. The third kappa shape index (κ3) is 1.52. The van der Waals surface area contributed by atoms with E-state index in [0.29, 0.717) is 10.9 Å². The monoisotopic (exact) mass is 208 g/mol. The third-order valence-corrected chi connectivity index (χ3v) is 2.74. The lowest BCUT2D eigenvalue weighted by atomic mass is 9.91. The average molecular weight is 209 g/mol. The largest absolute Gasteiger partial charge is 0.379 e. The van der Waals surface area contributed by atoms with Crippen LogP contribution in [-0.2, 0) is 9.47 Å². The standard InChI is InChI=1S/C7H13BrO2/c1-3-10-7-5(8)4-6(7)9-2/h5-7H,3-4H2,1-2H3. The molecule has 10 heavy (non-hydrogen) atoms. The summed E-state index contributed by atoms with van der Waals surface area (Å²) in [6.45, 7) is 2.78. The fourth-order valence-electron chi connectivity index (χ4n) is 1.16. The van der Waals surface area contributed by atoms with Crippen LogP contribution < -0.4 is 0 Å². The van der Waals surface area contributed by atoms with Gasteiger partial charge in [0.05, 0.1) is 12.2 Å². The van der Waals surface area contributed by atoms with Crippen molar-refractivity contribution in [1.82, 2.24) is 0 Å². The number of halogens is 1. The van der Waals surface area contributed by atoms with E-state index in [1.165, 1.54) is 0 Å². The highest BCUT2D eigenvalue weighted by Gasteiger charge is 2.40. The molecule has 2 nitrogen and oxygen atoms in total. The average Bonchev–Trinajstić information content (AvgIpc) is 1.95. The van der Waals surface area contributed by atoms with Crippen molar-refractivity contribution in [2.45, 2.75) is 30.4 Å². The van der Waals surface area contributed by atoms with Gasteiger partial charge in [0.1, 0.15) is 0 Å². The Bertz CT molecular complexity index is 108. The normalized spacial score (nSPS) is 39.3. The van der Waals surface area contributed by atoms with Gasteiger partial charge in [0.25, 0.3) is 0 Å². The smallest absolute Gasteiger partial charge is 0.0962 e. The van der Waals surface area contributed by atoms with Crippen molar-refractivity contribution in [3.05, 3.63) is 0 Å². The molecule has 0 spiro atoms. The number of ether oxygens (including phenoxy) is 2. The number of rotatable bonds is 3. The Morgan fingerprint density at radius 1 is 1.60 bits per heavy atom. The van der Waals surface area contributed by atoms with Crippen LogP contribution in [0.2, 0.25) is 0 Å². The molecular weight excluding hydrogens is 196 g/mol. The summed E-state index contributed by atoms with van der Waals surface area (Å²) in [5.74, 6) is 0. The van der Waals surface area contributed by atoms with Crippen LogP contribution in [0.1, 0.15) is 13.3 Å². The van der Waals surface area contributed by atoms with E-state index in [1.807, 2.05) is 6.92 Å². The van der Waals surface area contributed by atoms with Gasteiger partial charge in [-0.2, -0.15) is 0 Å². The molecule has 1 fully saturated rings. The second-order valence-corrected chi connectivity index (χ2v) is 3.62. The topological polar surface area (TPSA) is 18.5 Å². The van der Waals surface area contributed by atoms with Crippen LogP contribution in [0.4, 0.5) is 0 Å². The van der Waals surface area contributed by atoms with E-state index in [1.54, 1.807) is 7.11 Å². The summed E-state index contributed by atoms with van der Waals surface area (Å²) in [6, 6.07) is 0. The van der Waals surface area contributed by atoms with E-state index >= 15 is 0 Å². The SMILES string of the molecule is CCOC1C(Br)CC1OC. The number of methoxy groups -OCH3 is 1. The maximum atomic E-state index is 5.42. The summed E-state index contributed by atoms with van der Waals surface area (Å²) in [6.07, 6.45) is 1.65. The summed E-state index contributed by atoms with van der Waals surface area (Å²) in [5, 5.41) is 0. The Hall–Kier alpha value is 0.400. The van der Waals surface area contributed by atoms with E-state index in [0.717, 1.165) is 13.0 Å². The highest BCUT2D eigenvalue weighted by atomic mass is 79.9. The summed E-state index contributed by atoms with van der Waals surface area (Å²) in [4.78, 5) is 0.498. The van der Waals surface area contributed by atoms with Crippen molar-refractivity contribution in [1.29, 1.82) is 0 Å². The molecule has 0 radical (unpaired) electrons. The molecule has 0 bridgehead atoms. The van der Waals surface area contributed by atoms with Gasteiger partial charge < -0.3 is 9.47 Å². The highest BCUT2D eigenvalue weighted by molar-refractivity contribution is 9.09. The first kappa shape index (κ1) is 8.50. The van der Waals surface area contributed by atoms with E-state index in [4.69, 9.17) is 9.47 Å². The zero-order chi connectivity index (χ0) is 7.56. The lowest BCUT2D eigenvalue weighted by molar-refractivity contribution is -0.103. The van der Waals surface area contributed by atoms with Gasteiger partial charge in [0, 0.05) is 18.5 Å². The minimum absolute atomic E-state index is 0.273. The molecule has 0 amide bonds. The van der Waals surface area contributed by atoms with Gasteiger partial charge in [-0.15, -0.1) is 0 Å². The molecule has 1 aliphatic rings. The molecule has 1 rings (SSSR count). The molecule has 3 unspecified atom stereocenters. The van der Waals surface area contributed by atoms with Crippen molar-refractivity contribution < 1.29 is 9.47 Å². The second-order valence-electron chi connectivity index (χ2n) is 2.45. The Morgan fingerprint density at radius 2 is 2.30 bits per heavy atom. The second kappa shape index (κ2) is 3.69. The van der Waals surface area contributed by atoms with Crippen molar-refractivity contribution in [3.63, 3.8) is 0 Å². The van der Waals surface area contributed by atoms with E-state index in [9.17, 15) is 0 Å². The summed E-state index contributed by atoms with van der Waals surface area (Å²) in [7, 11) is 1.73. The van der Waals surface area contributed by atoms with Crippen LogP contribution in [0.15, 0.2) is 0 Å². The predicted octanol–water partition coefficient (Wildman–Crippen LogP) is 1.57.